The average Bonchev–Trinajstić information content (AvgIpc) is 2.16. The lowest BCUT2D eigenvalue weighted by molar-refractivity contribution is -0.384. The van der Waals surface area contributed by atoms with Gasteiger partial charge in [-0.25, -0.2) is 0 Å². The first-order valence-electron chi connectivity index (χ1n) is 4.14. The number of nitro benzene ring substituents is 1. The van der Waals surface area contributed by atoms with E-state index in [0.29, 0.717) is 5.75 Å². The maximum atomic E-state index is 10.5. The second-order valence-electron chi connectivity index (χ2n) is 2.97. The highest BCUT2D eigenvalue weighted by Crippen LogP contribution is 2.27. The number of nitrogens with zero attached hydrogens (tertiary/aromatic N) is 1. The molecule has 0 radical (unpaired) electrons. The summed E-state index contributed by atoms with van der Waals surface area (Å²) >= 11 is 0. The van der Waals surface area contributed by atoms with Gasteiger partial charge in [-0.2, -0.15) is 0 Å². The van der Waals surface area contributed by atoms with Crippen LogP contribution in [0, 0.1) is 10.1 Å². The van der Waals surface area contributed by atoms with Crippen LogP contribution in [0.4, 0.5) is 5.69 Å². The standard InChI is InChI=1S/C9H12N2O3/c1-6(10)8-4-3-7(11(12)13)5-9(8)14-2/h3-6H,10H2,1-2H3/t6-/m1/s1. The highest BCUT2D eigenvalue weighted by molar-refractivity contribution is 5.45. The van der Waals surface area contributed by atoms with Crippen molar-refractivity contribution < 1.29 is 9.66 Å². The molecule has 0 spiro atoms. The number of nitrogens with two attached hydrogens (primary N) is 1. The molecule has 0 aromatic heterocycles. The van der Waals surface area contributed by atoms with Gasteiger partial charge < -0.3 is 10.5 Å². The van der Waals surface area contributed by atoms with Crippen LogP contribution in [-0.4, -0.2) is 12.0 Å². The molecule has 1 aromatic rings. The van der Waals surface area contributed by atoms with Crippen LogP contribution in [0.25, 0.3) is 0 Å². The SMILES string of the molecule is COc1cc([N+](=O)[O-])ccc1[C@@H](C)N. The van der Waals surface area contributed by atoms with E-state index in [-0.39, 0.29) is 11.7 Å². The van der Waals surface area contributed by atoms with Crippen LogP contribution in [0.2, 0.25) is 0 Å². The molecule has 0 saturated carbocycles. The van der Waals surface area contributed by atoms with Gasteiger partial charge in [0.2, 0.25) is 0 Å². The molecular formula is C9H12N2O3. The van der Waals surface area contributed by atoms with Gasteiger partial charge in [-0.05, 0) is 13.0 Å². The Bertz CT molecular complexity index is 350. The van der Waals surface area contributed by atoms with Crippen molar-refractivity contribution in [1.29, 1.82) is 0 Å². The van der Waals surface area contributed by atoms with Gasteiger partial charge in [0.15, 0.2) is 0 Å². The van der Waals surface area contributed by atoms with Crippen molar-refractivity contribution in [2.24, 2.45) is 5.73 Å². The first-order chi connectivity index (χ1) is 6.56. The van der Waals surface area contributed by atoms with Crippen molar-refractivity contribution in [2.75, 3.05) is 7.11 Å². The summed E-state index contributed by atoms with van der Waals surface area (Å²) in [7, 11) is 1.46. The molecule has 0 fully saturated rings. The van der Waals surface area contributed by atoms with Gasteiger partial charge in [0, 0.05) is 17.7 Å². The molecule has 0 bridgehead atoms. The molecule has 76 valence electrons. The summed E-state index contributed by atoms with van der Waals surface area (Å²) in [5.74, 6) is 0.453. The van der Waals surface area contributed by atoms with E-state index < -0.39 is 4.92 Å². The predicted molar refractivity (Wildman–Crippen MR) is 52.3 cm³/mol. The minimum Gasteiger partial charge on any atom is -0.496 e. The van der Waals surface area contributed by atoms with Gasteiger partial charge >= 0.3 is 0 Å². The molecule has 14 heavy (non-hydrogen) atoms. The first kappa shape index (κ1) is 10.5. The van der Waals surface area contributed by atoms with E-state index in [9.17, 15) is 10.1 Å². The summed E-state index contributed by atoms with van der Waals surface area (Å²) < 4.78 is 5.01. The van der Waals surface area contributed by atoms with Crippen LogP contribution in [-0.2, 0) is 0 Å². The minimum atomic E-state index is -0.465. The van der Waals surface area contributed by atoms with Crippen LogP contribution >= 0.6 is 0 Å². The highest BCUT2D eigenvalue weighted by atomic mass is 16.6. The largest absolute Gasteiger partial charge is 0.496 e. The summed E-state index contributed by atoms with van der Waals surface area (Å²) in [5, 5.41) is 10.5. The van der Waals surface area contributed by atoms with E-state index in [1.165, 1.54) is 19.2 Å². The van der Waals surface area contributed by atoms with Crippen LogP contribution in [0.1, 0.15) is 18.5 Å². The fraction of sp³-hybridized carbons (Fsp3) is 0.333. The molecule has 0 heterocycles. The predicted octanol–water partition coefficient (Wildman–Crippen LogP) is 1.62. The van der Waals surface area contributed by atoms with Crippen molar-refractivity contribution in [2.45, 2.75) is 13.0 Å². The average molecular weight is 196 g/mol. The third-order valence-electron chi connectivity index (χ3n) is 1.92. The zero-order valence-electron chi connectivity index (χ0n) is 8.06. The Labute approximate surface area is 81.6 Å². The lowest BCUT2D eigenvalue weighted by Gasteiger charge is -2.10. The second-order valence-corrected chi connectivity index (χ2v) is 2.97. The number of non-ortho nitro benzene ring substituents is 1. The molecular weight excluding hydrogens is 184 g/mol. The molecule has 1 aromatic carbocycles. The molecule has 5 nitrogen and oxygen atoms in total. The summed E-state index contributed by atoms with van der Waals surface area (Å²) in [6, 6.07) is 4.20. The monoisotopic (exact) mass is 196 g/mol. The maximum absolute atomic E-state index is 10.5. The molecule has 0 aliphatic carbocycles. The zero-order chi connectivity index (χ0) is 10.7. The lowest BCUT2D eigenvalue weighted by Crippen LogP contribution is -2.07. The van der Waals surface area contributed by atoms with Gasteiger partial charge in [0.25, 0.3) is 5.69 Å². The van der Waals surface area contributed by atoms with Crippen molar-refractivity contribution in [1.82, 2.24) is 0 Å². The maximum Gasteiger partial charge on any atom is 0.273 e. The summed E-state index contributed by atoms with van der Waals surface area (Å²) in [6.45, 7) is 1.80. The molecule has 0 aliphatic rings. The van der Waals surface area contributed by atoms with Gasteiger partial charge in [-0.1, -0.05) is 0 Å². The highest BCUT2D eigenvalue weighted by Gasteiger charge is 2.13. The normalized spacial score (nSPS) is 12.2. The minimum absolute atomic E-state index is 0.00579. The molecule has 0 unspecified atom stereocenters. The van der Waals surface area contributed by atoms with E-state index in [0.717, 1.165) is 5.56 Å². The fourth-order valence-corrected chi connectivity index (χ4v) is 1.19. The molecule has 2 N–H and O–H groups in total. The Morgan fingerprint density at radius 1 is 1.57 bits per heavy atom. The van der Waals surface area contributed by atoms with Crippen molar-refractivity contribution in [3.63, 3.8) is 0 Å². The van der Waals surface area contributed by atoms with Gasteiger partial charge in [-0.3, -0.25) is 10.1 Å². The Morgan fingerprint density at radius 2 is 2.21 bits per heavy atom. The second kappa shape index (κ2) is 4.06. The van der Waals surface area contributed by atoms with E-state index >= 15 is 0 Å². The van der Waals surface area contributed by atoms with Gasteiger partial charge in [-0.15, -0.1) is 0 Å². The molecule has 0 aliphatic heterocycles. The molecule has 0 saturated heterocycles. The number of hydrogen-bond acceptors (Lipinski definition) is 4. The number of benzene rings is 1. The smallest absolute Gasteiger partial charge is 0.273 e. The Hall–Kier alpha value is -1.62. The molecule has 0 amide bonds. The number of rotatable bonds is 3. The first-order valence-corrected chi connectivity index (χ1v) is 4.14. The van der Waals surface area contributed by atoms with Crippen molar-refractivity contribution in [3.8, 4) is 5.75 Å². The number of nitro groups is 1. The van der Waals surface area contributed by atoms with E-state index in [2.05, 4.69) is 0 Å². The van der Waals surface area contributed by atoms with E-state index in [4.69, 9.17) is 10.5 Å². The fourth-order valence-electron chi connectivity index (χ4n) is 1.19. The van der Waals surface area contributed by atoms with Gasteiger partial charge in [0.1, 0.15) is 5.75 Å². The molecule has 1 rings (SSSR count). The zero-order valence-corrected chi connectivity index (χ0v) is 8.06. The van der Waals surface area contributed by atoms with E-state index in [1.54, 1.807) is 13.0 Å². The third-order valence-corrected chi connectivity index (χ3v) is 1.92. The third kappa shape index (κ3) is 2.00. The van der Waals surface area contributed by atoms with Crippen LogP contribution < -0.4 is 10.5 Å². The Balaban J connectivity index is 3.18. The van der Waals surface area contributed by atoms with Crippen LogP contribution in [0.3, 0.4) is 0 Å². The topological polar surface area (TPSA) is 78.4 Å². The number of methoxy groups -OCH3 is 1. The number of ether oxygens (including phenoxy) is 1. The summed E-state index contributed by atoms with van der Waals surface area (Å²) in [5.41, 5.74) is 6.43. The van der Waals surface area contributed by atoms with Crippen molar-refractivity contribution in [3.05, 3.63) is 33.9 Å². The quantitative estimate of drug-likeness (QED) is 0.588. The van der Waals surface area contributed by atoms with E-state index in [1.807, 2.05) is 0 Å². The van der Waals surface area contributed by atoms with Crippen LogP contribution in [0.5, 0.6) is 5.75 Å². The van der Waals surface area contributed by atoms with Crippen molar-refractivity contribution >= 4 is 5.69 Å². The summed E-state index contributed by atoms with van der Waals surface area (Å²) in [6.07, 6.45) is 0. The Morgan fingerprint density at radius 3 is 2.64 bits per heavy atom. The Kier molecular flexibility index (Phi) is 3.03. The molecule has 5 heteroatoms. The lowest BCUT2D eigenvalue weighted by atomic mass is 10.1. The summed E-state index contributed by atoms with van der Waals surface area (Å²) in [4.78, 5) is 10.0. The number of hydrogen-bond donors (Lipinski definition) is 1. The molecule has 1 atom stereocenters. The van der Waals surface area contributed by atoms with Crippen LogP contribution in [0.15, 0.2) is 18.2 Å². The van der Waals surface area contributed by atoms with Gasteiger partial charge in [0.05, 0.1) is 18.1 Å².